The molecule has 0 spiro atoms. The Kier molecular flexibility index (Phi) is 6.85. The summed E-state index contributed by atoms with van der Waals surface area (Å²) in [6.45, 7) is 3.12. The normalized spacial score (nSPS) is 15.0. The molecular formula is C26H23NO2S2. The summed E-state index contributed by atoms with van der Waals surface area (Å²) in [6.07, 6.45) is 2.66. The first kappa shape index (κ1) is 21.3. The van der Waals surface area contributed by atoms with Crippen molar-refractivity contribution in [2.45, 2.75) is 20.0 Å². The second-order valence-corrected chi connectivity index (χ2v) is 9.06. The zero-order valence-electron chi connectivity index (χ0n) is 17.3. The minimum absolute atomic E-state index is 0.0422. The molecule has 0 radical (unpaired) electrons. The first-order valence-corrected chi connectivity index (χ1v) is 11.4. The van der Waals surface area contributed by atoms with Crippen molar-refractivity contribution in [3.05, 3.63) is 106 Å². The number of rotatable bonds is 7. The van der Waals surface area contributed by atoms with Crippen LogP contribution in [0.4, 0.5) is 0 Å². The van der Waals surface area contributed by atoms with Gasteiger partial charge in [-0.25, -0.2) is 0 Å². The van der Waals surface area contributed by atoms with E-state index in [1.165, 1.54) is 22.9 Å². The molecule has 0 aromatic heterocycles. The summed E-state index contributed by atoms with van der Waals surface area (Å²) < 4.78 is 6.67. The molecule has 5 heteroatoms. The fraction of sp³-hybridized carbons (Fsp3) is 0.154. The summed E-state index contributed by atoms with van der Waals surface area (Å²) in [5, 5.41) is 0. The fourth-order valence-electron chi connectivity index (χ4n) is 3.41. The summed E-state index contributed by atoms with van der Waals surface area (Å²) >= 11 is 6.83. The van der Waals surface area contributed by atoms with Crippen LogP contribution in [0, 0.1) is 6.92 Å². The van der Waals surface area contributed by atoms with Crippen LogP contribution in [0.5, 0.6) is 5.75 Å². The molecule has 31 heavy (non-hydrogen) atoms. The maximum Gasteiger partial charge on any atom is 0.266 e. The number of carbonyl (C=O) groups excluding carboxylic acids is 1. The summed E-state index contributed by atoms with van der Waals surface area (Å²) in [7, 11) is 0. The van der Waals surface area contributed by atoms with Gasteiger partial charge in [-0.05, 0) is 36.6 Å². The molecule has 0 bridgehead atoms. The smallest absolute Gasteiger partial charge is 0.266 e. The molecule has 1 heterocycles. The van der Waals surface area contributed by atoms with E-state index in [0.717, 1.165) is 23.3 Å². The van der Waals surface area contributed by atoms with E-state index in [4.69, 9.17) is 17.0 Å². The van der Waals surface area contributed by atoms with Crippen LogP contribution >= 0.6 is 24.0 Å². The summed E-state index contributed by atoms with van der Waals surface area (Å²) in [4.78, 5) is 15.3. The molecule has 1 aliphatic heterocycles. The highest BCUT2D eigenvalue weighted by Crippen LogP contribution is 2.34. The Morgan fingerprint density at radius 2 is 1.71 bits per heavy atom. The largest absolute Gasteiger partial charge is 0.488 e. The van der Waals surface area contributed by atoms with E-state index in [9.17, 15) is 4.79 Å². The van der Waals surface area contributed by atoms with E-state index in [2.05, 4.69) is 31.2 Å². The van der Waals surface area contributed by atoms with Gasteiger partial charge in [0.05, 0.1) is 4.91 Å². The number of amides is 1. The SMILES string of the molecule is Cc1cccc(COc2ccccc2/C=C2\SC(=S)N(CCc3ccccc3)C2=O)c1. The first-order valence-electron chi connectivity index (χ1n) is 10.2. The number of aryl methyl sites for hydroxylation is 1. The third-order valence-electron chi connectivity index (χ3n) is 5.02. The molecule has 4 rings (SSSR count). The standard InChI is InChI=1S/C26H23NO2S2/c1-19-8-7-11-21(16-19)18-29-23-13-6-5-12-22(23)17-24-25(28)27(26(30)31-24)15-14-20-9-3-2-4-10-20/h2-13,16-17H,14-15,18H2,1H3/b24-17-. The van der Waals surface area contributed by atoms with Crippen molar-refractivity contribution in [1.29, 1.82) is 0 Å². The Balaban J connectivity index is 1.47. The van der Waals surface area contributed by atoms with Gasteiger partial charge in [0.15, 0.2) is 0 Å². The molecule has 0 unspecified atom stereocenters. The van der Waals surface area contributed by atoms with E-state index in [1.54, 1.807) is 4.90 Å². The zero-order valence-corrected chi connectivity index (χ0v) is 18.9. The lowest BCUT2D eigenvalue weighted by Crippen LogP contribution is -2.30. The Labute approximate surface area is 192 Å². The van der Waals surface area contributed by atoms with E-state index in [-0.39, 0.29) is 5.91 Å². The van der Waals surface area contributed by atoms with E-state index < -0.39 is 0 Å². The van der Waals surface area contributed by atoms with E-state index >= 15 is 0 Å². The monoisotopic (exact) mass is 445 g/mol. The fourth-order valence-corrected chi connectivity index (χ4v) is 4.71. The van der Waals surface area contributed by atoms with Crippen LogP contribution in [0.25, 0.3) is 6.08 Å². The van der Waals surface area contributed by atoms with Crippen LogP contribution in [-0.4, -0.2) is 21.7 Å². The van der Waals surface area contributed by atoms with Gasteiger partial charge in [0.25, 0.3) is 5.91 Å². The molecular weight excluding hydrogens is 422 g/mol. The van der Waals surface area contributed by atoms with Gasteiger partial charge in [0.1, 0.15) is 16.7 Å². The average Bonchev–Trinajstić information content (AvgIpc) is 3.05. The van der Waals surface area contributed by atoms with Gasteiger partial charge in [-0.2, -0.15) is 0 Å². The lowest BCUT2D eigenvalue weighted by Gasteiger charge is -2.14. The van der Waals surface area contributed by atoms with Gasteiger partial charge in [-0.3, -0.25) is 9.69 Å². The molecule has 156 valence electrons. The number of carbonyl (C=O) groups is 1. The van der Waals surface area contributed by atoms with Crippen LogP contribution in [0.2, 0.25) is 0 Å². The van der Waals surface area contributed by atoms with Crippen molar-refractivity contribution >= 4 is 40.3 Å². The quantitative estimate of drug-likeness (QED) is 0.329. The maximum atomic E-state index is 13.0. The second kappa shape index (κ2) is 9.94. The number of para-hydroxylation sites is 1. The molecule has 3 aromatic carbocycles. The zero-order chi connectivity index (χ0) is 21.6. The summed E-state index contributed by atoms with van der Waals surface area (Å²) in [6, 6.07) is 26.2. The van der Waals surface area contributed by atoms with Gasteiger partial charge in [0.2, 0.25) is 0 Å². The molecule has 0 atom stereocenters. The highest BCUT2D eigenvalue weighted by molar-refractivity contribution is 8.26. The first-order chi connectivity index (χ1) is 15.1. The average molecular weight is 446 g/mol. The Hall–Kier alpha value is -2.89. The van der Waals surface area contributed by atoms with Gasteiger partial charge in [0, 0.05) is 12.1 Å². The van der Waals surface area contributed by atoms with Crippen LogP contribution in [0.1, 0.15) is 22.3 Å². The van der Waals surface area contributed by atoms with Crippen molar-refractivity contribution in [3.63, 3.8) is 0 Å². The highest BCUT2D eigenvalue weighted by atomic mass is 32.2. The molecule has 0 saturated carbocycles. The van der Waals surface area contributed by atoms with Crippen LogP contribution in [0.15, 0.2) is 83.8 Å². The number of ether oxygens (including phenoxy) is 1. The van der Waals surface area contributed by atoms with Gasteiger partial charge in [-0.15, -0.1) is 0 Å². The van der Waals surface area contributed by atoms with Crippen molar-refractivity contribution < 1.29 is 9.53 Å². The van der Waals surface area contributed by atoms with E-state index in [1.807, 2.05) is 60.7 Å². The lowest BCUT2D eigenvalue weighted by molar-refractivity contribution is -0.122. The number of hydrogen-bond acceptors (Lipinski definition) is 4. The molecule has 1 saturated heterocycles. The van der Waals surface area contributed by atoms with E-state index in [0.29, 0.717) is 22.4 Å². The number of nitrogens with zero attached hydrogens (tertiary/aromatic N) is 1. The molecule has 1 amide bonds. The molecule has 3 aromatic rings. The second-order valence-electron chi connectivity index (χ2n) is 7.38. The Bertz CT molecular complexity index is 1130. The molecule has 3 nitrogen and oxygen atoms in total. The van der Waals surface area contributed by atoms with Crippen LogP contribution in [0.3, 0.4) is 0 Å². The lowest BCUT2D eigenvalue weighted by atomic mass is 10.1. The highest BCUT2D eigenvalue weighted by Gasteiger charge is 2.31. The van der Waals surface area contributed by atoms with Crippen LogP contribution < -0.4 is 4.74 Å². The summed E-state index contributed by atoms with van der Waals surface area (Å²) in [5.74, 6) is 0.706. The van der Waals surface area contributed by atoms with Crippen molar-refractivity contribution in [2.24, 2.45) is 0 Å². The molecule has 1 fully saturated rings. The number of thioether (sulfide) groups is 1. The van der Waals surface area contributed by atoms with Crippen molar-refractivity contribution in [3.8, 4) is 5.75 Å². The minimum atomic E-state index is -0.0422. The van der Waals surface area contributed by atoms with Crippen molar-refractivity contribution in [1.82, 2.24) is 4.90 Å². The number of hydrogen-bond donors (Lipinski definition) is 0. The molecule has 1 aliphatic rings. The van der Waals surface area contributed by atoms with Gasteiger partial charge in [-0.1, -0.05) is 102 Å². The Morgan fingerprint density at radius 1 is 0.968 bits per heavy atom. The predicted octanol–water partition coefficient (Wildman–Crippen LogP) is 6.02. The topological polar surface area (TPSA) is 29.5 Å². The van der Waals surface area contributed by atoms with Gasteiger partial charge < -0.3 is 4.74 Å². The third kappa shape index (κ3) is 5.43. The Morgan fingerprint density at radius 3 is 2.52 bits per heavy atom. The van der Waals surface area contributed by atoms with Crippen molar-refractivity contribution in [2.75, 3.05) is 6.54 Å². The molecule has 0 aliphatic carbocycles. The summed E-state index contributed by atoms with van der Waals surface area (Å²) in [5.41, 5.74) is 4.38. The number of benzene rings is 3. The van der Waals surface area contributed by atoms with Crippen LogP contribution in [-0.2, 0) is 17.8 Å². The maximum absolute atomic E-state index is 13.0. The minimum Gasteiger partial charge on any atom is -0.488 e. The van der Waals surface area contributed by atoms with Gasteiger partial charge >= 0.3 is 0 Å². The third-order valence-corrected chi connectivity index (χ3v) is 6.40. The molecule has 0 N–H and O–H groups in total. The predicted molar refractivity (Wildman–Crippen MR) is 132 cm³/mol. The number of thiocarbonyl (C=S) groups is 1.